The van der Waals surface area contributed by atoms with Gasteiger partial charge in [0.15, 0.2) is 0 Å². The molecule has 3 aromatic rings. The summed E-state index contributed by atoms with van der Waals surface area (Å²) in [6, 6.07) is 21.0. The molecule has 0 unspecified atom stereocenters. The highest BCUT2D eigenvalue weighted by atomic mass is 16.7. The SMILES string of the molecule is C=C(CO)C(=O)OCOc1cc(OCOC(=O)C(=C)CO)cc(-c2ccc(C#Cc3ccc(CCCCCCC)cc3)cc2)c1. The third kappa shape index (κ3) is 12.0. The molecule has 8 nitrogen and oxygen atoms in total. The zero-order valence-corrected chi connectivity index (χ0v) is 25.7. The number of ether oxygens (including phenoxy) is 4. The minimum absolute atomic E-state index is 0.101. The summed E-state index contributed by atoms with van der Waals surface area (Å²) < 4.78 is 21.1. The highest BCUT2D eigenvalue weighted by molar-refractivity contribution is 5.88. The normalized spacial score (nSPS) is 10.3. The summed E-state index contributed by atoms with van der Waals surface area (Å²) >= 11 is 0. The third-order valence-corrected chi connectivity index (χ3v) is 6.76. The van der Waals surface area contributed by atoms with E-state index < -0.39 is 38.7 Å². The van der Waals surface area contributed by atoms with Gasteiger partial charge in [0.25, 0.3) is 0 Å². The van der Waals surface area contributed by atoms with Crippen molar-refractivity contribution in [1.82, 2.24) is 0 Å². The minimum Gasteiger partial charge on any atom is -0.457 e. The van der Waals surface area contributed by atoms with Crippen LogP contribution in [0.15, 0.2) is 91.0 Å². The van der Waals surface area contributed by atoms with Crippen molar-refractivity contribution < 1.29 is 38.7 Å². The van der Waals surface area contributed by atoms with E-state index in [0.717, 1.165) is 23.1 Å². The van der Waals surface area contributed by atoms with Crippen LogP contribution in [0.2, 0.25) is 0 Å². The molecule has 0 aliphatic rings. The summed E-state index contributed by atoms with van der Waals surface area (Å²) in [6.45, 7) is 7.15. The number of aryl methyl sites for hydroxylation is 1. The van der Waals surface area contributed by atoms with Crippen LogP contribution in [0.1, 0.15) is 55.7 Å². The number of aliphatic hydroxyl groups is 2. The zero-order chi connectivity index (χ0) is 32.4. The topological polar surface area (TPSA) is 112 Å². The van der Waals surface area contributed by atoms with Crippen molar-refractivity contribution in [2.24, 2.45) is 0 Å². The molecule has 0 radical (unpaired) electrons. The molecule has 0 amide bonds. The fourth-order valence-electron chi connectivity index (χ4n) is 4.12. The number of aliphatic hydroxyl groups excluding tert-OH is 2. The summed E-state index contributed by atoms with van der Waals surface area (Å²) in [5, 5.41) is 18.1. The van der Waals surface area contributed by atoms with Crippen molar-refractivity contribution in [1.29, 1.82) is 0 Å². The molecule has 0 atom stereocenters. The number of hydrogen-bond acceptors (Lipinski definition) is 8. The van der Waals surface area contributed by atoms with Crippen LogP contribution in [0.4, 0.5) is 0 Å². The average molecular weight is 613 g/mol. The van der Waals surface area contributed by atoms with Gasteiger partial charge in [-0.25, -0.2) is 9.59 Å². The predicted octanol–water partition coefficient (Wildman–Crippen LogP) is 6.12. The van der Waals surface area contributed by atoms with Gasteiger partial charge in [-0.2, -0.15) is 0 Å². The molecule has 236 valence electrons. The maximum Gasteiger partial charge on any atom is 0.338 e. The van der Waals surface area contributed by atoms with E-state index in [1.807, 2.05) is 24.3 Å². The van der Waals surface area contributed by atoms with E-state index in [4.69, 9.17) is 29.2 Å². The maximum absolute atomic E-state index is 11.8. The molecule has 3 aromatic carbocycles. The van der Waals surface area contributed by atoms with Gasteiger partial charge in [0.2, 0.25) is 13.6 Å². The number of rotatable bonds is 17. The van der Waals surface area contributed by atoms with Crippen LogP contribution >= 0.6 is 0 Å². The Labute approximate surface area is 264 Å². The molecule has 45 heavy (non-hydrogen) atoms. The van der Waals surface area contributed by atoms with Crippen LogP contribution < -0.4 is 9.47 Å². The predicted molar refractivity (Wildman–Crippen MR) is 172 cm³/mol. The van der Waals surface area contributed by atoms with Crippen LogP contribution in [0.5, 0.6) is 11.5 Å². The Morgan fingerprint density at radius 2 is 1.16 bits per heavy atom. The summed E-state index contributed by atoms with van der Waals surface area (Å²) in [5.74, 6) is 5.48. The summed E-state index contributed by atoms with van der Waals surface area (Å²) in [6.07, 6.45) is 7.42. The fourth-order valence-corrected chi connectivity index (χ4v) is 4.12. The van der Waals surface area contributed by atoms with Gasteiger partial charge in [-0.05, 0) is 65.9 Å². The fraction of sp³-hybridized carbons (Fsp3) is 0.297. The lowest BCUT2D eigenvalue weighted by Crippen LogP contribution is -2.14. The van der Waals surface area contributed by atoms with E-state index in [9.17, 15) is 9.59 Å². The summed E-state index contributed by atoms with van der Waals surface area (Å²) in [4.78, 5) is 23.6. The van der Waals surface area contributed by atoms with E-state index in [1.54, 1.807) is 12.1 Å². The monoisotopic (exact) mass is 612 g/mol. The first kappa shape index (κ1) is 34.6. The number of esters is 2. The van der Waals surface area contributed by atoms with Crippen molar-refractivity contribution >= 4 is 11.9 Å². The smallest absolute Gasteiger partial charge is 0.338 e. The van der Waals surface area contributed by atoms with E-state index in [1.165, 1.54) is 43.7 Å². The lowest BCUT2D eigenvalue weighted by molar-refractivity contribution is -0.146. The number of carbonyl (C=O) groups excluding carboxylic acids is 2. The Morgan fingerprint density at radius 1 is 0.667 bits per heavy atom. The van der Waals surface area contributed by atoms with Crippen LogP contribution in [0.25, 0.3) is 11.1 Å². The van der Waals surface area contributed by atoms with Gasteiger partial charge < -0.3 is 29.2 Å². The van der Waals surface area contributed by atoms with Gasteiger partial charge in [-0.15, -0.1) is 0 Å². The number of unbranched alkanes of at least 4 members (excludes halogenated alkanes) is 4. The van der Waals surface area contributed by atoms with E-state index in [0.29, 0.717) is 17.1 Å². The first-order valence-electron chi connectivity index (χ1n) is 14.9. The molecule has 8 heteroatoms. The van der Waals surface area contributed by atoms with Crippen LogP contribution in [-0.2, 0) is 25.5 Å². The lowest BCUT2D eigenvalue weighted by Gasteiger charge is -2.13. The molecule has 0 saturated heterocycles. The summed E-state index contributed by atoms with van der Waals surface area (Å²) in [5.41, 5.74) is 4.46. The Bertz CT molecular complexity index is 1440. The molecule has 0 fully saturated rings. The van der Waals surface area contributed by atoms with Crippen LogP contribution in [0, 0.1) is 11.8 Å². The Morgan fingerprint density at radius 3 is 1.64 bits per heavy atom. The maximum atomic E-state index is 11.8. The quantitative estimate of drug-likeness (QED) is 0.0617. The van der Waals surface area contributed by atoms with Crippen molar-refractivity contribution in [3.63, 3.8) is 0 Å². The molecule has 2 N–H and O–H groups in total. The van der Waals surface area contributed by atoms with Crippen LogP contribution in [-0.4, -0.2) is 49.0 Å². The molecule has 0 aliphatic carbocycles. The second-order valence-electron chi connectivity index (χ2n) is 10.3. The second kappa shape index (κ2) is 18.7. The second-order valence-corrected chi connectivity index (χ2v) is 10.3. The standard InChI is InChI=1S/C37H40O8/c1-4-5-6-7-8-9-29-10-12-30(13-11-29)14-15-31-16-18-32(19-17-31)33-20-34(42-25-44-36(40)27(2)23-38)22-35(21-33)43-26-45-37(41)28(3)24-39/h10-13,16-22,38-39H,2-9,23-26H2,1H3. The van der Waals surface area contributed by atoms with Gasteiger partial charge in [0.05, 0.1) is 24.4 Å². The Kier molecular flexibility index (Phi) is 14.4. The molecule has 0 spiro atoms. The number of carbonyl (C=O) groups is 2. The van der Waals surface area contributed by atoms with Crippen LogP contribution in [0.3, 0.4) is 0 Å². The zero-order valence-electron chi connectivity index (χ0n) is 25.7. The summed E-state index contributed by atoms with van der Waals surface area (Å²) in [7, 11) is 0. The lowest BCUT2D eigenvalue weighted by atomic mass is 10.0. The van der Waals surface area contributed by atoms with Crippen molar-refractivity contribution in [2.45, 2.75) is 45.4 Å². The highest BCUT2D eigenvalue weighted by Gasteiger charge is 2.11. The van der Waals surface area contributed by atoms with Crippen molar-refractivity contribution in [3.8, 4) is 34.5 Å². The minimum atomic E-state index is -0.786. The molecular formula is C37H40O8. The van der Waals surface area contributed by atoms with Crippen molar-refractivity contribution in [3.05, 3.63) is 108 Å². The Balaban J connectivity index is 1.69. The van der Waals surface area contributed by atoms with Gasteiger partial charge in [0.1, 0.15) is 11.5 Å². The molecule has 0 saturated carbocycles. The van der Waals surface area contributed by atoms with Gasteiger partial charge in [0, 0.05) is 17.2 Å². The molecule has 0 aromatic heterocycles. The average Bonchev–Trinajstić information content (AvgIpc) is 3.07. The van der Waals surface area contributed by atoms with E-state index in [2.05, 4.69) is 56.2 Å². The van der Waals surface area contributed by atoms with E-state index in [-0.39, 0.29) is 11.1 Å². The number of hydrogen-bond donors (Lipinski definition) is 2. The molecule has 3 rings (SSSR count). The van der Waals surface area contributed by atoms with Gasteiger partial charge >= 0.3 is 11.9 Å². The molecule has 0 aliphatic heterocycles. The molecular weight excluding hydrogens is 572 g/mol. The first-order valence-corrected chi connectivity index (χ1v) is 14.9. The number of benzene rings is 3. The van der Waals surface area contributed by atoms with Crippen molar-refractivity contribution in [2.75, 3.05) is 26.8 Å². The third-order valence-electron chi connectivity index (χ3n) is 6.76. The van der Waals surface area contributed by atoms with Gasteiger partial charge in [-0.1, -0.05) is 81.9 Å². The van der Waals surface area contributed by atoms with E-state index >= 15 is 0 Å². The first-order chi connectivity index (χ1) is 21.8. The highest BCUT2D eigenvalue weighted by Crippen LogP contribution is 2.30. The molecule has 0 heterocycles. The Hall–Kier alpha value is -4.84. The van der Waals surface area contributed by atoms with Gasteiger partial charge in [-0.3, -0.25) is 0 Å². The largest absolute Gasteiger partial charge is 0.457 e. The molecule has 0 bridgehead atoms.